The molecule has 5 N–H and O–H groups in total. The predicted octanol–water partition coefficient (Wildman–Crippen LogP) is 0.636. The van der Waals surface area contributed by atoms with Crippen LogP contribution in [0.1, 0.15) is 25.7 Å². The normalized spacial score (nSPS) is 29.2. The second kappa shape index (κ2) is 15.4. The van der Waals surface area contributed by atoms with Gasteiger partial charge in [0.05, 0.1) is 0 Å². The summed E-state index contributed by atoms with van der Waals surface area (Å²) < 4.78 is 0. The molecule has 2 atom stereocenters. The summed E-state index contributed by atoms with van der Waals surface area (Å²) in [5.74, 6) is 0. The van der Waals surface area contributed by atoms with Crippen molar-refractivity contribution in [2.45, 2.75) is 37.8 Å². The Morgan fingerprint density at radius 3 is 1.27 bits per heavy atom. The number of fused-ring (bicyclic) bond motifs is 1. The summed E-state index contributed by atoms with van der Waals surface area (Å²) in [7, 11) is 9.59. The third kappa shape index (κ3) is 10.6. The van der Waals surface area contributed by atoms with E-state index < -0.39 is 0 Å². The monoisotopic (exact) mass is 394 g/mol. The molecule has 1 aliphatic carbocycles. The van der Waals surface area contributed by atoms with Crippen LogP contribution in [0.25, 0.3) is 0 Å². The van der Waals surface area contributed by atoms with Gasteiger partial charge >= 0.3 is 33.3 Å². The number of hydrogen-bond donors (Lipinski definition) is 5. The van der Waals surface area contributed by atoms with Crippen LogP contribution in [-0.4, -0.2) is 64.4 Å². The Hall–Kier alpha value is 0.899. The molecule has 0 bridgehead atoms. The molecular formula is C14H31Cl2MnN5. The molecule has 133 valence electrons. The van der Waals surface area contributed by atoms with E-state index >= 15 is 0 Å². The van der Waals surface area contributed by atoms with Gasteiger partial charge in [0, 0.05) is 64.4 Å². The molecule has 8 heteroatoms. The summed E-state index contributed by atoms with van der Waals surface area (Å²) in [4.78, 5) is 0. The van der Waals surface area contributed by atoms with Gasteiger partial charge in [0.2, 0.25) is 0 Å². The summed E-state index contributed by atoms with van der Waals surface area (Å²) >= 11 is 0.00694. The Kier molecular flexibility index (Phi) is 14.7. The molecule has 2 rings (SSSR count). The molecule has 0 radical (unpaired) electrons. The zero-order chi connectivity index (χ0) is 15.9. The van der Waals surface area contributed by atoms with Crippen molar-refractivity contribution in [1.82, 2.24) is 26.6 Å². The standard InChI is InChI=1S/C14H31N5.2ClH.Mn/c1-2-4-14-13(3-1)18-11-9-16-7-5-15-6-8-17-10-12-19-14;;;/h13-19H,1-12H2;2*1H;/q;;;+2/p-2/t13-,14+;;;. The van der Waals surface area contributed by atoms with E-state index in [1.165, 1.54) is 25.7 Å². The van der Waals surface area contributed by atoms with Crippen LogP contribution in [-0.2, 0) is 13.1 Å². The number of halogens is 2. The van der Waals surface area contributed by atoms with Crippen molar-refractivity contribution >= 4 is 20.2 Å². The molecule has 0 aromatic rings. The molecule has 1 heterocycles. The molecule has 5 nitrogen and oxygen atoms in total. The third-order valence-corrected chi connectivity index (χ3v) is 4.14. The van der Waals surface area contributed by atoms with Crippen LogP contribution in [0.15, 0.2) is 0 Å². The fourth-order valence-electron chi connectivity index (χ4n) is 3.04. The summed E-state index contributed by atoms with van der Waals surface area (Å²) in [6.07, 6.45) is 5.41. The number of rotatable bonds is 0. The van der Waals surface area contributed by atoms with Gasteiger partial charge in [-0.25, -0.2) is 0 Å². The molecular weight excluding hydrogens is 364 g/mol. The van der Waals surface area contributed by atoms with Crippen molar-refractivity contribution in [2.24, 2.45) is 0 Å². The summed E-state index contributed by atoms with van der Waals surface area (Å²) in [5.41, 5.74) is 0. The van der Waals surface area contributed by atoms with Crippen LogP contribution >= 0.6 is 20.2 Å². The van der Waals surface area contributed by atoms with Gasteiger partial charge in [0.15, 0.2) is 0 Å². The van der Waals surface area contributed by atoms with Crippen molar-refractivity contribution in [3.63, 3.8) is 0 Å². The van der Waals surface area contributed by atoms with E-state index in [-0.39, 0.29) is 13.1 Å². The summed E-state index contributed by atoms with van der Waals surface area (Å²) in [6.45, 7) is 8.56. The van der Waals surface area contributed by atoms with Gasteiger partial charge in [-0.05, 0) is 12.8 Å². The zero-order valence-corrected chi connectivity index (χ0v) is 16.0. The van der Waals surface area contributed by atoms with Gasteiger partial charge in [0.1, 0.15) is 0 Å². The minimum absolute atomic E-state index is 0.00694. The van der Waals surface area contributed by atoms with Crippen molar-refractivity contribution in [1.29, 1.82) is 0 Å². The van der Waals surface area contributed by atoms with Crippen molar-refractivity contribution < 1.29 is 13.1 Å². The average molecular weight is 395 g/mol. The second-order valence-electron chi connectivity index (χ2n) is 5.71. The Labute approximate surface area is 150 Å². The van der Waals surface area contributed by atoms with E-state index in [1.54, 1.807) is 0 Å². The van der Waals surface area contributed by atoms with Crippen molar-refractivity contribution in [2.75, 3.05) is 52.4 Å². The van der Waals surface area contributed by atoms with Crippen LogP contribution in [0, 0.1) is 0 Å². The molecule has 22 heavy (non-hydrogen) atoms. The van der Waals surface area contributed by atoms with E-state index in [2.05, 4.69) is 26.6 Å². The van der Waals surface area contributed by atoms with Crippen molar-refractivity contribution in [3.8, 4) is 0 Å². The topological polar surface area (TPSA) is 60.1 Å². The van der Waals surface area contributed by atoms with E-state index in [0.717, 1.165) is 52.4 Å². The molecule has 0 unspecified atom stereocenters. The second-order valence-corrected chi connectivity index (χ2v) is 7.66. The molecule has 1 aliphatic heterocycles. The van der Waals surface area contributed by atoms with Crippen LogP contribution in [0.5, 0.6) is 0 Å². The van der Waals surface area contributed by atoms with Crippen LogP contribution in [0.2, 0.25) is 0 Å². The summed E-state index contributed by atoms with van der Waals surface area (Å²) in [5, 5.41) is 17.9. The van der Waals surface area contributed by atoms with E-state index in [1.807, 2.05) is 0 Å². The molecule has 0 aromatic heterocycles. The number of nitrogens with one attached hydrogen (secondary N) is 5. The Bertz CT molecular complexity index is 229. The first-order valence-corrected chi connectivity index (χ1v) is 11.6. The molecule has 0 aromatic carbocycles. The molecule has 1 saturated heterocycles. The molecule has 1 saturated carbocycles. The van der Waals surface area contributed by atoms with Gasteiger partial charge in [-0.3, -0.25) is 0 Å². The van der Waals surface area contributed by atoms with Gasteiger partial charge in [0.25, 0.3) is 0 Å². The van der Waals surface area contributed by atoms with Crippen LogP contribution < -0.4 is 26.6 Å². The van der Waals surface area contributed by atoms with Gasteiger partial charge in [-0.2, -0.15) is 0 Å². The summed E-state index contributed by atoms with van der Waals surface area (Å²) in [6, 6.07) is 1.33. The van der Waals surface area contributed by atoms with Gasteiger partial charge in [-0.15, -0.1) is 0 Å². The molecule has 2 aliphatic rings. The Balaban J connectivity index is 0.000000745. The predicted molar refractivity (Wildman–Crippen MR) is 92.4 cm³/mol. The first-order valence-electron chi connectivity index (χ1n) is 8.34. The zero-order valence-electron chi connectivity index (χ0n) is 13.3. The van der Waals surface area contributed by atoms with E-state index in [4.69, 9.17) is 20.2 Å². The molecule has 0 amide bonds. The van der Waals surface area contributed by atoms with E-state index in [0.29, 0.717) is 12.1 Å². The quantitative estimate of drug-likeness (QED) is 0.390. The minimum atomic E-state index is 0.00694. The Morgan fingerprint density at radius 2 is 0.909 bits per heavy atom. The van der Waals surface area contributed by atoms with Crippen LogP contribution in [0.4, 0.5) is 0 Å². The first-order chi connectivity index (χ1) is 10.9. The van der Waals surface area contributed by atoms with E-state index in [9.17, 15) is 0 Å². The van der Waals surface area contributed by atoms with Crippen molar-refractivity contribution in [3.05, 3.63) is 0 Å². The third-order valence-electron chi connectivity index (χ3n) is 4.14. The van der Waals surface area contributed by atoms with Crippen LogP contribution in [0.3, 0.4) is 0 Å². The molecule has 0 spiro atoms. The van der Waals surface area contributed by atoms with Gasteiger partial charge < -0.3 is 26.6 Å². The maximum absolute atomic E-state index is 4.80. The SMILES string of the molecule is C1CC[C@H]2NCCNCCNCCNCCN[C@H]2C1.[Cl][Mn][Cl]. The average Bonchev–Trinajstić information content (AvgIpc) is 2.54. The fraction of sp³-hybridized carbons (Fsp3) is 1.00. The fourth-order valence-corrected chi connectivity index (χ4v) is 3.04. The first kappa shape index (κ1) is 20.9. The maximum atomic E-state index is 4.80. The molecule has 2 fully saturated rings. The Morgan fingerprint density at radius 1 is 0.591 bits per heavy atom. The number of hydrogen-bond acceptors (Lipinski definition) is 5. The van der Waals surface area contributed by atoms with Gasteiger partial charge in [-0.1, -0.05) is 12.8 Å².